The van der Waals surface area contributed by atoms with E-state index in [-0.39, 0.29) is 5.91 Å². The molecule has 0 N–H and O–H groups in total. The molecule has 0 radical (unpaired) electrons. The fraction of sp³-hybridized carbons (Fsp3) is 0.417. The van der Waals surface area contributed by atoms with Gasteiger partial charge in [-0.2, -0.15) is 0 Å². The lowest BCUT2D eigenvalue weighted by Crippen LogP contribution is -2.38. The van der Waals surface area contributed by atoms with Gasteiger partial charge in [-0.3, -0.25) is 4.79 Å². The van der Waals surface area contributed by atoms with Crippen molar-refractivity contribution in [2.45, 2.75) is 18.4 Å². The van der Waals surface area contributed by atoms with E-state index in [1.807, 2.05) is 24.0 Å². The first-order chi connectivity index (χ1) is 15.6. The number of carbonyl (C=O) groups excluding carboxylic acids is 1. The smallest absolute Gasteiger partial charge is 0.264 e. The summed E-state index contributed by atoms with van der Waals surface area (Å²) in [6, 6.07) is 12.5. The van der Waals surface area contributed by atoms with Gasteiger partial charge in [0, 0.05) is 54.0 Å². The summed E-state index contributed by atoms with van der Waals surface area (Å²) in [4.78, 5) is 25.6. The molecule has 4 rings (SSSR count). The number of hydrogen-bond donors (Lipinski definition) is 0. The molecule has 0 bridgehead atoms. The highest BCUT2D eigenvalue weighted by atomic mass is 32.2. The summed E-state index contributed by atoms with van der Waals surface area (Å²) in [7, 11) is 1.66. The molecule has 1 fully saturated rings. The number of pyridine rings is 1. The van der Waals surface area contributed by atoms with Crippen molar-refractivity contribution in [2.75, 3.05) is 57.7 Å². The molecule has 170 valence electrons. The number of hydrogen-bond acceptors (Lipinski definition) is 7. The van der Waals surface area contributed by atoms with Gasteiger partial charge in [-0.25, -0.2) is 4.98 Å². The van der Waals surface area contributed by atoms with Crippen molar-refractivity contribution in [1.82, 2.24) is 9.88 Å². The van der Waals surface area contributed by atoms with Gasteiger partial charge >= 0.3 is 0 Å². The third-order valence-corrected chi connectivity index (χ3v) is 7.27. The Hall–Kier alpha value is -2.13. The van der Waals surface area contributed by atoms with E-state index in [1.165, 1.54) is 16.2 Å². The van der Waals surface area contributed by atoms with Gasteiger partial charge in [0.05, 0.1) is 30.2 Å². The monoisotopic (exact) mass is 471 g/mol. The summed E-state index contributed by atoms with van der Waals surface area (Å²) < 4.78 is 10.9. The number of morpholine rings is 1. The van der Waals surface area contributed by atoms with Crippen LogP contribution in [0, 0.1) is 6.92 Å². The van der Waals surface area contributed by atoms with Crippen LogP contribution in [0.5, 0.6) is 0 Å². The van der Waals surface area contributed by atoms with Crippen LogP contribution in [0.3, 0.4) is 0 Å². The highest BCUT2D eigenvalue weighted by molar-refractivity contribution is 7.98. The van der Waals surface area contributed by atoms with E-state index < -0.39 is 0 Å². The molecule has 0 atom stereocenters. The zero-order valence-corrected chi connectivity index (χ0v) is 20.4. The van der Waals surface area contributed by atoms with Crippen molar-refractivity contribution >= 4 is 45.7 Å². The summed E-state index contributed by atoms with van der Waals surface area (Å²) in [5, 5.41) is 1.08. The SMILES string of the molecule is COCCN(Cc1cc2ccc(SC)cc2nc1N1CCOCC1)C(=O)c1ccc(C)s1. The average molecular weight is 472 g/mol. The van der Waals surface area contributed by atoms with Crippen molar-refractivity contribution < 1.29 is 14.3 Å². The average Bonchev–Trinajstić information content (AvgIpc) is 3.27. The van der Waals surface area contributed by atoms with Crippen LogP contribution >= 0.6 is 23.1 Å². The first-order valence-corrected chi connectivity index (χ1v) is 12.8. The lowest BCUT2D eigenvalue weighted by Gasteiger charge is -2.31. The highest BCUT2D eigenvalue weighted by Gasteiger charge is 2.23. The Bertz CT molecular complexity index is 1080. The van der Waals surface area contributed by atoms with Gasteiger partial charge in [0.2, 0.25) is 0 Å². The largest absolute Gasteiger partial charge is 0.383 e. The number of ether oxygens (including phenoxy) is 2. The summed E-state index contributed by atoms with van der Waals surface area (Å²) in [5.41, 5.74) is 2.03. The lowest BCUT2D eigenvalue weighted by atomic mass is 10.1. The maximum atomic E-state index is 13.3. The first kappa shape index (κ1) is 23.0. The standard InChI is InChI=1S/C24H29N3O3S2/c1-17-4-7-22(32-17)24(28)27(8-11-29-2)16-19-14-18-5-6-20(31-3)15-21(18)25-23(19)26-9-12-30-13-10-26/h4-7,14-15H,8-13,16H2,1-3H3. The number of aryl methyl sites for hydroxylation is 1. The summed E-state index contributed by atoms with van der Waals surface area (Å²) in [6.07, 6.45) is 2.07. The Kier molecular flexibility index (Phi) is 7.67. The molecule has 6 nitrogen and oxygen atoms in total. The summed E-state index contributed by atoms with van der Waals surface area (Å²) in [6.45, 7) is 6.48. The van der Waals surface area contributed by atoms with Crippen molar-refractivity contribution in [3.8, 4) is 0 Å². The molecule has 0 saturated carbocycles. The quantitative estimate of drug-likeness (QED) is 0.453. The van der Waals surface area contributed by atoms with Gasteiger partial charge in [0.1, 0.15) is 5.82 Å². The molecule has 0 spiro atoms. The van der Waals surface area contributed by atoms with Crippen LogP contribution in [0.2, 0.25) is 0 Å². The van der Waals surface area contributed by atoms with Crippen LogP contribution in [0.25, 0.3) is 10.9 Å². The fourth-order valence-electron chi connectivity index (χ4n) is 3.84. The number of thioether (sulfide) groups is 1. The van der Waals surface area contributed by atoms with Crippen molar-refractivity contribution in [3.05, 3.63) is 51.7 Å². The number of methoxy groups -OCH3 is 1. The maximum Gasteiger partial charge on any atom is 0.264 e. The van der Waals surface area contributed by atoms with E-state index in [4.69, 9.17) is 14.5 Å². The first-order valence-electron chi connectivity index (χ1n) is 10.7. The molecule has 0 aliphatic carbocycles. The number of nitrogens with zero attached hydrogens (tertiary/aromatic N) is 3. The van der Waals surface area contributed by atoms with Gasteiger partial charge in [0.15, 0.2) is 0 Å². The van der Waals surface area contributed by atoms with E-state index in [2.05, 4.69) is 35.4 Å². The zero-order valence-electron chi connectivity index (χ0n) is 18.8. The molecule has 0 unspecified atom stereocenters. The van der Waals surface area contributed by atoms with Crippen molar-refractivity contribution in [2.24, 2.45) is 0 Å². The number of benzene rings is 1. The van der Waals surface area contributed by atoms with Gasteiger partial charge in [-0.1, -0.05) is 6.07 Å². The Labute approximate surface area is 197 Å². The Morgan fingerprint density at radius 2 is 2.06 bits per heavy atom. The fourth-order valence-corrected chi connectivity index (χ4v) is 5.11. The second-order valence-electron chi connectivity index (χ2n) is 7.76. The molecule has 3 heterocycles. The maximum absolute atomic E-state index is 13.3. The second-order valence-corrected chi connectivity index (χ2v) is 9.93. The predicted octanol–water partition coefficient (Wildman–Crippen LogP) is 4.45. The molecule has 1 aliphatic rings. The number of aromatic nitrogens is 1. The third-order valence-electron chi connectivity index (χ3n) is 5.56. The van der Waals surface area contributed by atoms with Crippen LogP contribution in [0.4, 0.5) is 5.82 Å². The van der Waals surface area contributed by atoms with Crippen LogP contribution in [0.15, 0.2) is 41.3 Å². The number of thiophene rings is 1. The number of rotatable bonds is 8. The van der Waals surface area contributed by atoms with E-state index in [0.717, 1.165) is 45.1 Å². The number of fused-ring (bicyclic) bond motifs is 1. The van der Waals surface area contributed by atoms with E-state index in [0.29, 0.717) is 32.9 Å². The topological polar surface area (TPSA) is 54.9 Å². The molecule has 32 heavy (non-hydrogen) atoms. The minimum absolute atomic E-state index is 0.0332. The molecule has 1 aliphatic heterocycles. The van der Waals surface area contributed by atoms with Crippen LogP contribution in [0.1, 0.15) is 20.1 Å². The molecule has 1 aromatic carbocycles. The molecular weight excluding hydrogens is 442 g/mol. The minimum Gasteiger partial charge on any atom is -0.383 e. The lowest BCUT2D eigenvalue weighted by molar-refractivity contribution is 0.0685. The normalized spacial score (nSPS) is 14.2. The van der Waals surface area contributed by atoms with Gasteiger partial charge in [-0.15, -0.1) is 23.1 Å². The zero-order chi connectivity index (χ0) is 22.5. The minimum atomic E-state index is 0.0332. The molecule has 3 aromatic rings. The Morgan fingerprint density at radius 3 is 2.75 bits per heavy atom. The third kappa shape index (κ3) is 5.26. The molecule has 1 amide bonds. The molecule has 2 aromatic heterocycles. The van der Waals surface area contributed by atoms with E-state index in [9.17, 15) is 4.79 Å². The molecular formula is C24H29N3O3S2. The highest BCUT2D eigenvalue weighted by Crippen LogP contribution is 2.29. The van der Waals surface area contributed by atoms with Crippen LogP contribution in [-0.4, -0.2) is 68.6 Å². The second kappa shape index (κ2) is 10.7. The van der Waals surface area contributed by atoms with Crippen molar-refractivity contribution in [3.63, 3.8) is 0 Å². The van der Waals surface area contributed by atoms with Crippen LogP contribution in [-0.2, 0) is 16.0 Å². The molecule has 8 heteroatoms. The number of carbonyl (C=O) groups is 1. The van der Waals surface area contributed by atoms with Gasteiger partial charge in [-0.05, 0) is 43.5 Å². The van der Waals surface area contributed by atoms with E-state index in [1.54, 1.807) is 18.9 Å². The van der Waals surface area contributed by atoms with E-state index >= 15 is 0 Å². The summed E-state index contributed by atoms with van der Waals surface area (Å²) in [5.74, 6) is 0.975. The molecule has 1 saturated heterocycles. The number of anilines is 1. The van der Waals surface area contributed by atoms with Gasteiger partial charge in [0.25, 0.3) is 5.91 Å². The summed E-state index contributed by atoms with van der Waals surface area (Å²) >= 11 is 3.24. The van der Waals surface area contributed by atoms with Crippen molar-refractivity contribution in [1.29, 1.82) is 0 Å². The Morgan fingerprint density at radius 1 is 1.25 bits per heavy atom. The van der Waals surface area contributed by atoms with Crippen LogP contribution < -0.4 is 4.90 Å². The predicted molar refractivity (Wildman–Crippen MR) is 132 cm³/mol. The Balaban J connectivity index is 1.72. The number of amides is 1. The van der Waals surface area contributed by atoms with Gasteiger partial charge < -0.3 is 19.3 Å².